The molecule has 3 N–H and O–H groups in total. The Kier molecular flexibility index (Phi) is 3.78. The number of nitrogens with two attached hydrogens (primary N) is 1. The lowest BCUT2D eigenvalue weighted by atomic mass is 10.2. The van der Waals surface area contributed by atoms with Crippen LogP contribution in [0.2, 0.25) is 0 Å². The number of amidine groups is 1. The van der Waals surface area contributed by atoms with E-state index in [2.05, 4.69) is 11.8 Å². The summed E-state index contributed by atoms with van der Waals surface area (Å²) >= 11 is 0. The summed E-state index contributed by atoms with van der Waals surface area (Å²) < 4.78 is 11.2. The Labute approximate surface area is 96.4 Å². The van der Waals surface area contributed by atoms with Crippen LogP contribution in [0.4, 0.5) is 0 Å². The lowest BCUT2D eigenvalue weighted by Crippen LogP contribution is -2.50. The predicted molar refractivity (Wildman–Crippen MR) is 61.7 cm³/mol. The van der Waals surface area contributed by atoms with Crippen LogP contribution >= 0.6 is 0 Å². The number of morpholine rings is 1. The monoisotopic (exact) mass is 227 g/mol. The van der Waals surface area contributed by atoms with Crippen molar-refractivity contribution < 1.29 is 9.47 Å². The average Bonchev–Trinajstić information content (AvgIpc) is 2.64. The molecule has 3 unspecified atom stereocenters. The Morgan fingerprint density at radius 1 is 1.50 bits per heavy atom. The molecule has 5 nitrogen and oxygen atoms in total. The van der Waals surface area contributed by atoms with Crippen LogP contribution in [0.25, 0.3) is 0 Å². The summed E-state index contributed by atoms with van der Waals surface area (Å²) in [5.74, 6) is 0.130. The molecule has 5 heteroatoms. The van der Waals surface area contributed by atoms with Crippen LogP contribution in [0.5, 0.6) is 0 Å². The molecule has 0 radical (unpaired) electrons. The molecule has 0 aromatic carbocycles. The molecule has 0 spiro atoms. The van der Waals surface area contributed by atoms with Gasteiger partial charge in [0.1, 0.15) is 11.9 Å². The Balaban J connectivity index is 1.79. The van der Waals surface area contributed by atoms with Gasteiger partial charge >= 0.3 is 0 Å². The van der Waals surface area contributed by atoms with E-state index in [1.54, 1.807) is 0 Å². The van der Waals surface area contributed by atoms with Gasteiger partial charge in [0.05, 0.1) is 18.8 Å². The van der Waals surface area contributed by atoms with E-state index in [-0.39, 0.29) is 11.9 Å². The van der Waals surface area contributed by atoms with Gasteiger partial charge in [-0.1, -0.05) is 0 Å². The molecule has 0 aromatic heterocycles. The van der Waals surface area contributed by atoms with E-state index in [4.69, 9.17) is 20.6 Å². The highest BCUT2D eigenvalue weighted by Gasteiger charge is 2.28. The molecule has 2 aliphatic rings. The third kappa shape index (κ3) is 2.93. The highest BCUT2D eigenvalue weighted by molar-refractivity contribution is 5.82. The van der Waals surface area contributed by atoms with Crippen molar-refractivity contribution in [3.8, 4) is 0 Å². The Hall–Kier alpha value is -0.650. The highest BCUT2D eigenvalue weighted by atomic mass is 16.5. The molecule has 0 amide bonds. The number of ether oxygens (including phenoxy) is 2. The molecule has 92 valence electrons. The summed E-state index contributed by atoms with van der Waals surface area (Å²) in [5.41, 5.74) is 5.46. The minimum Gasteiger partial charge on any atom is -0.385 e. The second-order valence-electron chi connectivity index (χ2n) is 4.72. The quantitative estimate of drug-likeness (QED) is 0.533. The maximum Gasteiger partial charge on any atom is 0.127 e. The summed E-state index contributed by atoms with van der Waals surface area (Å²) in [6.45, 7) is 5.36. The predicted octanol–water partition coefficient (Wildman–Crippen LogP) is 0.191. The fourth-order valence-corrected chi connectivity index (χ4v) is 2.36. The molecular weight excluding hydrogens is 206 g/mol. The summed E-state index contributed by atoms with van der Waals surface area (Å²) in [7, 11) is 0. The zero-order chi connectivity index (χ0) is 11.5. The average molecular weight is 227 g/mol. The highest BCUT2D eigenvalue weighted by Crippen LogP contribution is 2.20. The molecule has 0 aliphatic carbocycles. The molecule has 16 heavy (non-hydrogen) atoms. The van der Waals surface area contributed by atoms with Gasteiger partial charge in [-0.3, -0.25) is 10.3 Å². The second kappa shape index (κ2) is 5.12. The number of hydrogen-bond acceptors (Lipinski definition) is 4. The van der Waals surface area contributed by atoms with Crippen LogP contribution in [0, 0.1) is 5.41 Å². The van der Waals surface area contributed by atoms with Crippen molar-refractivity contribution in [2.75, 3.05) is 26.2 Å². The minimum absolute atomic E-state index is 0.130. The Morgan fingerprint density at radius 2 is 2.31 bits per heavy atom. The van der Waals surface area contributed by atoms with E-state index in [0.29, 0.717) is 18.8 Å². The number of rotatable bonds is 3. The van der Waals surface area contributed by atoms with Gasteiger partial charge in [0, 0.05) is 19.6 Å². The first kappa shape index (κ1) is 11.8. The van der Waals surface area contributed by atoms with Gasteiger partial charge in [-0.05, 0) is 19.8 Å². The van der Waals surface area contributed by atoms with Crippen LogP contribution in [0.3, 0.4) is 0 Å². The molecular formula is C11H21N3O2. The third-order valence-electron chi connectivity index (χ3n) is 3.28. The molecule has 3 atom stereocenters. The van der Waals surface area contributed by atoms with Gasteiger partial charge < -0.3 is 15.2 Å². The second-order valence-corrected chi connectivity index (χ2v) is 4.72. The van der Waals surface area contributed by atoms with E-state index in [1.807, 2.05) is 0 Å². The van der Waals surface area contributed by atoms with Gasteiger partial charge in [-0.25, -0.2) is 0 Å². The molecule has 2 heterocycles. The van der Waals surface area contributed by atoms with Crippen LogP contribution in [0.1, 0.15) is 19.8 Å². The molecule has 0 bridgehead atoms. The normalized spacial score (nSPS) is 36.4. The van der Waals surface area contributed by atoms with Crippen LogP contribution in [0.15, 0.2) is 0 Å². The zero-order valence-corrected chi connectivity index (χ0v) is 9.82. The summed E-state index contributed by atoms with van der Waals surface area (Å²) in [6.07, 6.45) is 2.82. The molecule has 2 rings (SSSR count). The number of nitrogens with one attached hydrogen (secondary N) is 1. The van der Waals surface area contributed by atoms with Gasteiger partial charge in [-0.15, -0.1) is 0 Å². The van der Waals surface area contributed by atoms with Crippen molar-refractivity contribution in [2.45, 2.75) is 38.1 Å². The fraction of sp³-hybridized carbons (Fsp3) is 0.909. The van der Waals surface area contributed by atoms with Gasteiger partial charge in [0.15, 0.2) is 0 Å². The van der Waals surface area contributed by atoms with E-state index in [9.17, 15) is 0 Å². The smallest absolute Gasteiger partial charge is 0.127 e. The maximum atomic E-state index is 7.39. The minimum atomic E-state index is -0.229. The van der Waals surface area contributed by atoms with Crippen LogP contribution < -0.4 is 5.73 Å². The molecule has 2 aliphatic heterocycles. The Morgan fingerprint density at radius 3 is 2.94 bits per heavy atom. The largest absolute Gasteiger partial charge is 0.385 e. The first-order valence-electron chi connectivity index (χ1n) is 5.98. The van der Waals surface area contributed by atoms with Crippen molar-refractivity contribution in [1.82, 2.24) is 4.90 Å². The third-order valence-corrected chi connectivity index (χ3v) is 3.28. The molecule has 2 fully saturated rings. The molecule has 0 saturated carbocycles. The molecule has 2 saturated heterocycles. The lowest BCUT2D eigenvalue weighted by molar-refractivity contribution is -0.0249. The topological polar surface area (TPSA) is 71.6 Å². The van der Waals surface area contributed by atoms with E-state index in [0.717, 1.165) is 32.5 Å². The van der Waals surface area contributed by atoms with Gasteiger partial charge in [-0.2, -0.15) is 0 Å². The summed E-state index contributed by atoms with van der Waals surface area (Å²) in [6, 6.07) is 0. The van der Waals surface area contributed by atoms with Crippen molar-refractivity contribution in [3.05, 3.63) is 0 Å². The Bertz CT molecular complexity index is 260. The standard InChI is InChI=1S/C11H21N3O2/c1-8-2-3-9(16-8)6-14-4-5-15-10(7-14)11(12)13/h8-10H,2-7H2,1H3,(H3,12,13). The summed E-state index contributed by atoms with van der Waals surface area (Å²) in [4.78, 5) is 2.29. The van der Waals surface area contributed by atoms with Crippen LogP contribution in [-0.2, 0) is 9.47 Å². The fourth-order valence-electron chi connectivity index (χ4n) is 2.36. The SMILES string of the molecule is CC1CCC(CN2CCOC(C(=N)N)C2)O1. The van der Waals surface area contributed by atoms with Crippen molar-refractivity contribution in [1.29, 1.82) is 5.41 Å². The molecule has 0 aromatic rings. The van der Waals surface area contributed by atoms with Crippen LogP contribution in [-0.4, -0.2) is 55.3 Å². The van der Waals surface area contributed by atoms with Crippen molar-refractivity contribution in [2.24, 2.45) is 5.73 Å². The lowest BCUT2D eigenvalue weighted by Gasteiger charge is -2.33. The number of hydrogen-bond donors (Lipinski definition) is 2. The van der Waals surface area contributed by atoms with Crippen molar-refractivity contribution >= 4 is 5.84 Å². The van der Waals surface area contributed by atoms with E-state index < -0.39 is 0 Å². The maximum absolute atomic E-state index is 7.39. The first-order chi connectivity index (χ1) is 7.65. The summed E-state index contributed by atoms with van der Waals surface area (Å²) in [5, 5.41) is 7.39. The van der Waals surface area contributed by atoms with Crippen molar-refractivity contribution in [3.63, 3.8) is 0 Å². The number of nitrogens with zero attached hydrogens (tertiary/aromatic N) is 1. The van der Waals surface area contributed by atoms with Gasteiger partial charge in [0.2, 0.25) is 0 Å². The van der Waals surface area contributed by atoms with E-state index >= 15 is 0 Å². The zero-order valence-electron chi connectivity index (χ0n) is 9.82. The van der Waals surface area contributed by atoms with E-state index in [1.165, 1.54) is 0 Å². The first-order valence-corrected chi connectivity index (χ1v) is 5.98. The van der Waals surface area contributed by atoms with Gasteiger partial charge in [0.25, 0.3) is 0 Å².